The van der Waals surface area contributed by atoms with Crippen LogP contribution in [-0.2, 0) is 20.1 Å². The van der Waals surface area contributed by atoms with Gasteiger partial charge in [-0.25, -0.2) is 4.79 Å². The molecule has 5 rings (SSSR count). The number of hydrogen-bond donors (Lipinski definition) is 0. The van der Waals surface area contributed by atoms with Crippen LogP contribution in [0.3, 0.4) is 0 Å². The second-order valence-electron chi connectivity index (χ2n) is 8.61. The summed E-state index contributed by atoms with van der Waals surface area (Å²) in [7, 11) is 3.32. The van der Waals surface area contributed by atoms with Gasteiger partial charge in [0.05, 0.1) is 13.7 Å². The van der Waals surface area contributed by atoms with Crippen LogP contribution < -0.4 is 20.9 Å². The number of hydrogen-bond acceptors (Lipinski definition) is 5. The van der Waals surface area contributed by atoms with Crippen molar-refractivity contribution >= 4 is 22.8 Å². The summed E-state index contributed by atoms with van der Waals surface area (Å²) in [6.07, 6.45) is 0.856. The molecule has 8 nitrogen and oxygen atoms in total. The van der Waals surface area contributed by atoms with Crippen molar-refractivity contribution in [2.24, 2.45) is 7.05 Å². The van der Waals surface area contributed by atoms with Gasteiger partial charge in [0, 0.05) is 31.9 Å². The lowest BCUT2D eigenvalue weighted by Gasteiger charge is -2.29. The lowest BCUT2D eigenvalue weighted by Crippen LogP contribution is -2.40. The van der Waals surface area contributed by atoms with E-state index >= 15 is 0 Å². The number of methoxy groups -OCH3 is 1. The van der Waals surface area contributed by atoms with Gasteiger partial charge in [-0.05, 0) is 43.5 Å². The first-order chi connectivity index (χ1) is 15.9. The SMILES string of the molecule is COc1cccc(N2CCCn3c2nc2c3c(=O)n(Cc3cc(C)ccc3C)c(=O)n2C)c1. The molecule has 0 amide bonds. The summed E-state index contributed by atoms with van der Waals surface area (Å²) in [6, 6.07) is 13.9. The van der Waals surface area contributed by atoms with Crippen LogP contribution in [-0.4, -0.2) is 32.3 Å². The first-order valence-electron chi connectivity index (χ1n) is 11.1. The molecule has 0 spiro atoms. The molecular formula is C25H27N5O3. The molecule has 0 N–H and O–H groups in total. The van der Waals surface area contributed by atoms with Gasteiger partial charge in [0.1, 0.15) is 5.75 Å². The van der Waals surface area contributed by atoms with Gasteiger partial charge in [-0.15, -0.1) is 0 Å². The molecule has 0 unspecified atom stereocenters. The fourth-order valence-electron chi connectivity index (χ4n) is 4.57. The van der Waals surface area contributed by atoms with E-state index in [1.165, 1.54) is 9.13 Å². The van der Waals surface area contributed by atoms with E-state index in [0.717, 1.165) is 41.1 Å². The number of ether oxygens (including phenoxy) is 1. The quantitative estimate of drug-likeness (QED) is 0.483. The van der Waals surface area contributed by atoms with E-state index in [4.69, 9.17) is 9.72 Å². The minimum Gasteiger partial charge on any atom is -0.497 e. The van der Waals surface area contributed by atoms with Gasteiger partial charge in [-0.3, -0.25) is 13.9 Å². The summed E-state index contributed by atoms with van der Waals surface area (Å²) in [5.74, 6) is 1.42. The summed E-state index contributed by atoms with van der Waals surface area (Å²) in [5, 5.41) is 0. The Morgan fingerprint density at radius 3 is 2.67 bits per heavy atom. The summed E-state index contributed by atoms with van der Waals surface area (Å²) in [6.45, 7) is 5.67. The highest BCUT2D eigenvalue weighted by molar-refractivity contribution is 5.77. The van der Waals surface area contributed by atoms with Crippen LogP contribution in [0.2, 0.25) is 0 Å². The van der Waals surface area contributed by atoms with Gasteiger partial charge in [0.2, 0.25) is 5.95 Å². The number of imidazole rings is 1. The minimum absolute atomic E-state index is 0.231. The Morgan fingerprint density at radius 2 is 1.88 bits per heavy atom. The smallest absolute Gasteiger partial charge is 0.332 e. The molecule has 170 valence electrons. The third kappa shape index (κ3) is 3.42. The topological polar surface area (TPSA) is 74.3 Å². The Hall–Kier alpha value is -3.81. The maximum atomic E-state index is 13.6. The summed E-state index contributed by atoms with van der Waals surface area (Å²) >= 11 is 0. The Bertz CT molecular complexity index is 1490. The zero-order valence-electron chi connectivity index (χ0n) is 19.3. The normalized spacial score (nSPS) is 13.4. The maximum Gasteiger partial charge on any atom is 0.332 e. The van der Waals surface area contributed by atoms with Gasteiger partial charge in [0.25, 0.3) is 5.56 Å². The Kier molecular flexibility index (Phi) is 5.08. The first-order valence-corrected chi connectivity index (χ1v) is 11.1. The van der Waals surface area contributed by atoms with Gasteiger partial charge in [-0.1, -0.05) is 29.8 Å². The van der Waals surface area contributed by atoms with Gasteiger partial charge in [-0.2, -0.15) is 4.98 Å². The van der Waals surface area contributed by atoms with Crippen molar-refractivity contribution in [1.29, 1.82) is 0 Å². The third-order valence-electron chi connectivity index (χ3n) is 6.42. The molecule has 1 aliphatic heterocycles. The molecule has 0 bridgehead atoms. The summed E-state index contributed by atoms with van der Waals surface area (Å²) in [5.41, 5.74) is 4.25. The fourth-order valence-corrected chi connectivity index (χ4v) is 4.57. The maximum absolute atomic E-state index is 13.6. The van der Waals surface area contributed by atoms with E-state index in [0.29, 0.717) is 23.7 Å². The number of rotatable bonds is 4. The van der Waals surface area contributed by atoms with Crippen LogP contribution in [0.15, 0.2) is 52.1 Å². The van der Waals surface area contributed by atoms with Gasteiger partial charge < -0.3 is 14.2 Å². The zero-order valence-corrected chi connectivity index (χ0v) is 19.3. The molecule has 0 fully saturated rings. The highest BCUT2D eigenvalue weighted by atomic mass is 16.5. The first kappa shape index (κ1) is 21.1. The highest BCUT2D eigenvalue weighted by Crippen LogP contribution is 2.32. The number of nitrogens with zero attached hydrogens (tertiary/aromatic N) is 5. The number of anilines is 2. The monoisotopic (exact) mass is 445 g/mol. The number of fused-ring (bicyclic) bond motifs is 3. The van der Waals surface area contributed by atoms with Crippen molar-refractivity contribution in [3.8, 4) is 5.75 Å². The molecule has 3 heterocycles. The van der Waals surface area contributed by atoms with Crippen LogP contribution in [0.5, 0.6) is 5.75 Å². The zero-order chi connectivity index (χ0) is 23.3. The molecule has 1 aliphatic rings. The summed E-state index contributed by atoms with van der Waals surface area (Å²) in [4.78, 5) is 33.7. The Labute approximate surface area is 191 Å². The Morgan fingerprint density at radius 1 is 1.06 bits per heavy atom. The molecule has 8 heteroatoms. The predicted molar refractivity (Wildman–Crippen MR) is 129 cm³/mol. The third-order valence-corrected chi connectivity index (χ3v) is 6.42. The Balaban J connectivity index is 1.69. The van der Waals surface area contributed by atoms with Crippen molar-refractivity contribution < 1.29 is 4.74 Å². The van der Waals surface area contributed by atoms with Crippen LogP contribution in [0.4, 0.5) is 11.6 Å². The number of aryl methyl sites for hydroxylation is 4. The second-order valence-corrected chi connectivity index (χ2v) is 8.61. The van der Waals surface area contributed by atoms with Crippen molar-refractivity contribution in [1.82, 2.24) is 18.7 Å². The molecule has 0 saturated heterocycles. The standard InChI is InChI=1S/C25H27N5O3/c1-16-9-10-17(2)18(13-16)15-30-23(31)21-22(27(3)25(30)32)26-24-28(11-6-12-29(21)24)19-7-5-8-20(14-19)33-4/h5,7-10,13-14H,6,11-12,15H2,1-4H3. The molecule has 0 radical (unpaired) electrons. The fraction of sp³-hybridized carbons (Fsp3) is 0.320. The largest absolute Gasteiger partial charge is 0.497 e. The van der Waals surface area contributed by atoms with E-state index in [1.54, 1.807) is 14.2 Å². The van der Waals surface area contributed by atoms with E-state index < -0.39 is 0 Å². The highest BCUT2D eigenvalue weighted by Gasteiger charge is 2.27. The van der Waals surface area contributed by atoms with Crippen molar-refractivity contribution in [2.75, 3.05) is 18.6 Å². The molecule has 2 aromatic carbocycles. The molecule has 33 heavy (non-hydrogen) atoms. The lowest BCUT2D eigenvalue weighted by atomic mass is 10.1. The van der Waals surface area contributed by atoms with Crippen LogP contribution in [0.1, 0.15) is 23.1 Å². The van der Waals surface area contributed by atoms with Crippen molar-refractivity contribution in [3.63, 3.8) is 0 Å². The molecule has 0 atom stereocenters. The van der Waals surface area contributed by atoms with Crippen LogP contribution in [0, 0.1) is 13.8 Å². The summed E-state index contributed by atoms with van der Waals surface area (Å²) < 4.78 is 10.1. The van der Waals surface area contributed by atoms with E-state index in [-0.39, 0.29) is 17.8 Å². The predicted octanol–water partition coefficient (Wildman–Crippen LogP) is 3.11. The van der Waals surface area contributed by atoms with E-state index in [2.05, 4.69) is 4.90 Å². The average Bonchev–Trinajstić information content (AvgIpc) is 3.22. The van der Waals surface area contributed by atoms with Crippen molar-refractivity contribution in [3.05, 3.63) is 80.0 Å². The average molecular weight is 446 g/mol. The van der Waals surface area contributed by atoms with Gasteiger partial charge >= 0.3 is 5.69 Å². The number of aromatic nitrogens is 4. The van der Waals surface area contributed by atoms with E-state index in [9.17, 15) is 9.59 Å². The molecule has 2 aromatic heterocycles. The molecule has 4 aromatic rings. The van der Waals surface area contributed by atoms with E-state index in [1.807, 2.05) is 60.9 Å². The number of benzene rings is 2. The minimum atomic E-state index is -0.364. The van der Waals surface area contributed by atoms with Gasteiger partial charge in [0.15, 0.2) is 11.2 Å². The second kappa shape index (κ2) is 7.95. The molecule has 0 saturated carbocycles. The van der Waals surface area contributed by atoms with Crippen molar-refractivity contribution in [2.45, 2.75) is 33.4 Å². The lowest BCUT2D eigenvalue weighted by molar-refractivity contribution is 0.415. The van der Waals surface area contributed by atoms with Crippen LogP contribution >= 0.6 is 0 Å². The molecule has 0 aliphatic carbocycles. The molecular weight excluding hydrogens is 418 g/mol. The van der Waals surface area contributed by atoms with Crippen LogP contribution in [0.25, 0.3) is 11.2 Å².